The van der Waals surface area contributed by atoms with E-state index in [0.29, 0.717) is 30.8 Å². The molecule has 5 rings (SSSR count). The van der Waals surface area contributed by atoms with Crippen LogP contribution in [-0.2, 0) is 19.6 Å². The van der Waals surface area contributed by atoms with E-state index in [2.05, 4.69) is 29.4 Å². The first-order valence-electron chi connectivity index (χ1n) is 11.9. The van der Waals surface area contributed by atoms with Gasteiger partial charge < -0.3 is 20.1 Å². The van der Waals surface area contributed by atoms with Crippen molar-refractivity contribution in [2.24, 2.45) is 0 Å². The topological polar surface area (TPSA) is 62.8 Å². The van der Waals surface area contributed by atoms with Crippen LogP contribution in [0.4, 0.5) is 5.00 Å². The summed E-state index contributed by atoms with van der Waals surface area (Å²) in [5.74, 6) is 1.37. The number of amides is 1. The number of anilines is 1. The third-order valence-corrected chi connectivity index (χ3v) is 7.58. The number of carbonyl (C=O) groups excluding carboxylic acids is 1. The van der Waals surface area contributed by atoms with Gasteiger partial charge in [-0.3, -0.25) is 9.69 Å². The van der Waals surface area contributed by atoms with Crippen molar-refractivity contribution >= 4 is 22.2 Å². The zero-order valence-corrected chi connectivity index (χ0v) is 20.7. The molecule has 34 heavy (non-hydrogen) atoms. The highest BCUT2D eigenvalue weighted by molar-refractivity contribution is 7.16. The third-order valence-electron chi connectivity index (χ3n) is 6.43. The Bertz CT molecular complexity index is 1180. The van der Waals surface area contributed by atoms with Crippen LogP contribution in [0.3, 0.4) is 0 Å². The van der Waals surface area contributed by atoms with Crippen LogP contribution in [0.5, 0.6) is 11.5 Å². The molecule has 2 aromatic carbocycles. The van der Waals surface area contributed by atoms with Gasteiger partial charge in [0.05, 0.1) is 12.2 Å². The number of benzene rings is 2. The zero-order valence-electron chi connectivity index (χ0n) is 19.9. The number of thiophene rings is 1. The summed E-state index contributed by atoms with van der Waals surface area (Å²) >= 11 is 1.71. The molecule has 2 aliphatic heterocycles. The van der Waals surface area contributed by atoms with Gasteiger partial charge in [0.1, 0.15) is 17.8 Å². The molecule has 0 saturated carbocycles. The lowest BCUT2D eigenvalue weighted by atomic mass is 9.99. The average molecular weight is 478 g/mol. The van der Waals surface area contributed by atoms with Gasteiger partial charge >= 0.3 is 0 Å². The predicted molar refractivity (Wildman–Crippen MR) is 136 cm³/mol. The minimum absolute atomic E-state index is 0.00314. The summed E-state index contributed by atoms with van der Waals surface area (Å²) in [6, 6.07) is 16.4. The maximum Gasteiger partial charge on any atom is 0.256 e. The molecule has 0 unspecified atom stereocenters. The molecular weight excluding hydrogens is 446 g/mol. The first-order valence-corrected chi connectivity index (χ1v) is 12.7. The van der Waals surface area contributed by atoms with Crippen molar-refractivity contribution in [3.8, 4) is 11.5 Å². The lowest BCUT2D eigenvalue weighted by Gasteiger charge is -2.31. The molecule has 0 radical (unpaired) electrons. The van der Waals surface area contributed by atoms with Gasteiger partial charge in [-0.25, -0.2) is 0 Å². The minimum atomic E-state index is -0.316. The number of nitrogens with one attached hydrogen (secondary N) is 2. The fourth-order valence-corrected chi connectivity index (χ4v) is 5.87. The van der Waals surface area contributed by atoms with Gasteiger partial charge in [0.15, 0.2) is 11.5 Å². The number of hydrogen-bond acceptors (Lipinski definition) is 6. The van der Waals surface area contributed by atoms with E-state index < -0.39 is 0 Å². The van der Waals surface area contributed by atoms with Crippen molar-refractivity contribution in [2.45, 2.75) is 52.6 Å². The Hall–Kier alpha value is -3.03. The van der Waals surface area contributed by atoms with Crippen LogP contribution in [0.15, 0.2) is 48.5 Å². The molecule has 0 spiro atoms. The standard InChI is InChI=1S/C27H31N3O3S/c1-4-32-22-14-19(10-11-21(22)33-16-18-8-6-5-7-9-18)25-28-26(31)24-20-12-13-30(17(2)3)15-23(20)34-27(24)29-25/h5-11,14,17,25,29H,4,12-13,15-16H2,1-3H3,(H,28,31)/t25-/m0/s1. The van der Waals surface area contributed by atoms with Gasteiger partial charge in [-0.1, -0.05) is 36.4 Å². The number of carbonyl (C=O) groups is 1. The summed E-state index contributed by atoms with van der Waals surface area (Å²) in [7, 11) is 0. The Kier molecular flexibility index (Phi) is 6.48. The number of ether oxygens (including phenoxy) is 2. The molecule has 0 fully saturated rings. The van der Waals surface area contributed by atoms with Gasteiger partial charge in [0.2, 0.25) is 0 Å². The molecule has 3 heterocycles. The van der Waals surface area contributed by atoms with Crippen LogP contribution < -0.4 is 20.1 Å². The van der Waals surface area contributed by atoms with Crippen molar-refractivity contribution in [1.82, 2.24) is 10.2 Å². The van der Waals surface area contributed by atoms with E-state index >= 15 is 0 Å². The van der Waals surface area contributed by atoms with E-state index in [1.807, 2.05) is 55.5 Å². The fourth-order valence-electron chi connectivity index (χ4n) is 4.57. The van der Waals surface area contributed by atoms with Crippen LogP contribution >= 0.6 is 11.3 Å². The molecule has 0 saturated heterocycles. The third kappa shape index (κ3) is 4.50. The van der Waals surface area contributed by atoms with E-state index in [9.17, 15) is 4.79 Å². The SMILES string of the molecule is CCOc1cc([C@H]2NC(=O)c3c(sc4c3CCN(C(C)C)C4)N2)ccc1OCc1ccccc1. The Labute approximate surface area is 204 Å². The minimum Gasteiger partial charge on any atom is -0.490 e. The van der Waals surface area contributed by atoms with Gasteiger partial charge in [-0.05, 0) is 56.0 Å². The second kappa shape index (κ2) is 9.68. The van der Waals surface area contributed by atoms with E-state index in [4.69, 9.17) is 9.47 Å². The second-order valence-electron chi connectivity index (χ2n) is 8.99. The highest BCUT2D eigenvalue weighted by atomic mass is 32.1. The summed E-state index contributed by atoms with van der Waals surface area (Å²) in [6.45, 7) is 9.31. The largest absolute Gasteiger partial charge is 0.490 e. The molecule has 2 aliphatic rings. The predicted octanol–water partition coefficient (Wildman–Crippen LogP) is 5.35. The van der Waals surface area contributed by atoms with E-state index in [-0.39, 0.29) is 12.1 Å². The van der Waals surface area contributed by atoms with Crippen molar-refractivity contribution in [3.05, 3.63) is 75.7 Å². The van der Waals surface area contributed by atoms with Crippen molar-refractivity contribution < 1.29 is 14.3 Å². The van der Waals surface area contributed by atoms with Crippen LogP contribution in [-0.4, -0.2) is 30.0 Å². The van der Waals surface area contributed by atoms with Crippen LogP contribution in [0.1, 0.15) is 58.9 Å². The van der Waals surface area contributed by atoms with E-state index in [1.165, 1.54) is 10.4 Å². The monoisotopic (exact) mass is 477 g/mol. The number of nitrogens with zero attached hydrogens (tertiary/aromatic N) is 1. The van der Waals surface area contributed by atoms with Gasteiger partial charge in [0, 0.05) is 24.0 Å². The Morgan fingerprint density at radius 3 is 2.68 bits per heavy atom. The molecule has 0 bridgehead atoms. The first kappa shape index (κ1) is 22.7. The summed E-state index contributed by atoms with van der Waals surface area (Å²) < 4.78 is 11.9. The van der Waals surface area contributed by atoms with Crippen LogP contribution in [0, 0.1) is 0 Å². The number of fused-ring (bicyclic) bond motifs is 3. The molecule has 1 atom stereocenters. The summed E-state index contributed by atoms with van der Waals surface area (Å²) in [4.78, 5) is 16.9. The summed E-state index contributed by atoms with van der Waals surface area (Å²) in [5.41, 5.74) is 4.07. The molecule has 3 aromatic rings. The maximum absolute atomic E-state index is 13.1. The Morgan fingerprint density at radius 1 is 1.09 bits per heavy atom. The van der Waals surface area contributed by atoms with E-state index in [0.717, 1.165) is 41.2 Å². The van der Waals surface area contributed by atoms with E-state index in [1.54, 1.807) is 11.3 Å². The molecule has 178 valence electrons. The Balaban J connectivity index is 1.36. The normalized spacial score (nSPS) is 17.5. The molecule has 7 heteroatoms. The lowest BCUT2D eigenvalue weighted by molar-refractivity contribution is 0.0934. The second-order valence-corrected chi connectivity index (χ2v) is 10.1. The van der Waals surface area contributed by atoms with Gasteiger partial charge in [-0.15, -0.1) is 11.3 Å². The van der Waals surface area contributed by atoms with Crippen molar-refractivity contribution in [3.63, 3.8) is 0 Å². The van der Waals surface area contributed by atoms with Crippen molar-refractivity contribution in [1.29, 1.82) is 0 Å². The maximum atomic E-state index is 13.1. The first-order chi connectivity index (χ1) is 16.5. The highest BCUT2D eigenvalue weighted by Crippen LogP contribution is 2.42. The van der Waals surface area contributed by atoms with Gasteiger partial charge in [0.25, 0.3) is 5.91 Å². The molecule has 1 aromatic heterocycles. The van der Waals surface area contributed by atoms with Gasteiger partial charge in [-0.2, -0.15) is 0 Å². The summed E-state index contributed by atoms with van der Waals surface area (Å²) in [6.07, 6.45) is 0.602. The Morgan fingerprint density at radius 2 is 1.91 bits per heavy atom. The molecule has 0 aliphatic carbocycles. The van der Waals surface area contributed by atoms with Crippen LogP contribution in [0.2, 0.25) is 0 Å². The molecule has 6 nitrogen and oxygen atoms in total. The quantitative estimate of drug-likeness (QED) is 0.481. The fraction of sp³-hybridized carbons (Fsp3) is 0.370. The van der Waals surface area contributed by atoms with Crippen molar-refractivity contribution in [2.75, 3.05) is 18.5 Å². The molecule has 1 amide bonds. The molecular formula is C27H31N3O3S. The average Bonchev–Trinajstić information content (AvgIpc) is 3.22. The zero-order chi connectivity index (χ0) is 23.7. The number of hydrogen-bond donors (Lipinski definition) is 2. The van der Waals surface area contributed by atoms with Crippen LogP contribution in [0.25, 0.3) is 0 Å². The highest BCUT2D eigenvalue weighted by Gasteiger charge is 2.34. The molecule has 2 N–H and O–H groups in total. The number of rotatable bonds is 7. The summed E-state index contributed by atoms with van der Waals surface area (Å²) in [5, 5.41) is 7.68. The lowest BCUT2D eigenvalue weighted by Crippen LogP contribution is -2.39. The smallest absolute Gasteiger partial charge is 0.256 e.